The highest BCUT2D eigenvalue weighted by Crippen LogP contribution is 2.60. The number of Topliss-reactive ketones (excluding diaryl/α,β-unsaturated/α-hetero) is 4. The molecule has 8 bridgehead atoms. The van der Waals surface area contributed by atoms with Crippen molar-refractivity contribution in [2.75, 3.05) is 52.4 Å². The first-order valence-corrected chi connectivity index (χ1v) is 56.1. The molecule has 0 fully saturated rings. The third-order valence-electron chi connectivity index (χ3n) is 30.5. The first-order valence-electron chi connectivity index (χ1n) is 56.1. The number of carbonyl (C=O) groups is 8. The summed E-state index contributed by atoms with van der Waals surface area (Å²) in [5, 5.41) is 0. The molecule has 17 rings (SSSR count). The number of allylic oxidation sites excluding steroid dienone is 4. The van der Waals surface area contributed by atoms with Crippen LogP contribution in [0.3, 0.4) is 0 Å². The molecule has 0 unspecified atom stereocenters. The number of benzene rings is 8. The Labute approximate surface area is 872 Å². The smallest absolute Gasteiger partial charge is 0.284 e. The molecule has 8 aromatic carbocycles. The van der Waals surface area contributed by atoms with E-state index in [2.05, 4.69) is 107 Å². The van der Waals surface area contributed by atoms with Gasteiger partial charge in [0.05, 0.1) is 22.3 Å². The van der Waals surface area contributed by atoms with Gasteiger partial charge in [0.1, 0.15) is 68.1 Å². The molecule has 10 aromatic rings. The van der Waals surface area contributed by atoms with Gasteiger partial charge in [-0.05, 0) is 126 Å². The van der Waals surface area contributed by atoms with Gasteiger partial charge in [-0.15, -0.1) is 0 Å². The molecule has 148 heavy (non-hydrogen) atoms. The molecule has 4 amide bonds. The quantitative estimate of drug-likeness (QED) is 0.0320. The Kier molecular flexibility index (Phi) is 35.4. The topological polar surface area (TPSA) is 275 Å². The number of hydrogen-bond donors (Lipinski definition) is 0. The van der Waals surface area contributed by atoms with Gasteiger partial charge in [0.15, 0.2) is 0 Å². The number of ketones is 4. The van der Waals surface area contributed by atoms with E-state index in [1.807, 2.05) is 43.9 Å². The number of hydrogen-bond acceptors (Lipinski definition) is 20. The molecular weight excluding hydrogens is 1860 g/mol. The minimum Gasteiger partial charge on any atom is -0.449 e. The highest BCUT2D eigenvalue weighted by atomic mass is 16.6. The van der Waals surface area contributed by atoms with Gasteiger partial charge in [-0.2, -0.15) is 0 Å². The summed E-state index contributed by atoms with van der Waals surface area (Å²) in [5.74, 6) is -7.77. The van der Waals surface area contributed by atoms with Gasteiger partial charge in [-0.3, -0.25) is 38.4 Å². The summed E-state index contributed by atoms with van der Waals surface area (Å²) in [7, 11) is 0. The molecule has 0 N–H and O–H groups in total. The van der Waals surface area contributed by atoms with Crippen molar-refractivity contribution in [3.63, 3.8) is 0 Å². The first kappa shape index (κ1) is 106. The van der Waals surface area contributed by atoms with Crippen molar-refractivity contribution in [1.82, 2.24) is 39.5 Å². The highest BCUT2D eigenvalue weighted by molar-refractivity contribution is 6.27. The predicted molar refractivity (Wildman–Crippen MR) is 577 cm³/mol. The van der Waals surface area contributed by atoms with Crippen molar-refractivity contribution in [2.45, 2.75) is 338 Å². The van der Waals surface area contributed by atoms with E-state index in [9.17, 15) is 0 Å². The van der Waals surface area contributed by atoms with E-state index >= 15 is 38.4 Å². The number of rotatable bonds is 48. The van der Waals surface area contributed by atoms with Crippen LogP contribution < -0.4 is 37.9 Å². The van der Waals surface area contributed by atoms with E-state index in [1.54, 1.807) is 72.8 Å². The lowest BCUT2D eigenvalue weighted by molar-refractivity contribution is 0.0741. The van der Waals surface area contributed by atoms with Crippen LogP contribution in [-0.4, -0.2) is 139 Å². The Morgan fingerprint density at radius 1 is 0.223 bits per heavy atom. The molecule has 780 valence electrons. The Hall–Kier alpha value is -13.1. The van der Waals surface area contributed by atoms with Crippen LogP contribution in [-0.2, 0) is 0 Å². The predicted octanol–water partition coefficient (Wildman–Crippen LogP) is 30.4. The number of unbranched alkanes of at least 4 members (excludes halogenated alkanes) is 20. The van der Waals surface area contributed by atoms with Crippen LogP contribution in [0.2, 0.25) is 0 Å². The SMILES string of the molecule is CCCCCCC1c2cc3c4cc2OC2=C(Oc5cc6c(cc51)C(CCCCCC)c1cc5c(cc1Oc1nc7c(C(=O)N(CCCC)CCCC)ccc(C(=O)N(CCCC)CCCC)c7nc1O6)OC1=C(Oc6cc(c(cc6C5CCCCCC)C3CCCCCC)Oc3nc5c(C(=O)N(CCCC)CCCC)ccc(C(=O)N(CCCC)CCCC)c5nc3O4)C(=O)c3ccccc3C1=O)C(=O)c1ccccc1C2=O. The van der Waals surface area contributed by atoms with Crippen molar-refractivity contribution in [1.29, 1.82) is 0 Å². The van der Waals surface area contributed by atoms with Gasteiger partial charge in [-0.25, -0.2) is 19.9 Å². The summed E-state index contributed by atoms with van der Waals surface area (Å²) < 4.78 is 61.8. The molecule has 3 aliphatic carbocycles. The normalized spacial score (nSPS) is 15.8. The number of fused-ring (bicyclic) bond motifs is 6. The Morgan fingerprint density at radius 3 is 0.574 bits per heavy atom. The fourth-order valence-electron chi connectivity index (χ4n) is 22.1. The van der Waals surface area contributed by atoms with Crippen LogP contribution >= 0.6 is 0 Å². The Bertz CT molecular complexity index is 5920. The van der Waals surface area contributed by atoms with Gasteiger partial charge < -0.3 is 57.5 Å². The van der Waals surface area contributed by atoms with Crippen LogP contribution in [0.5, 0.6) is 69.5 Å². The van der Waals surface area contributed by atoms with E-state index in [0.717, 1.165) is 180 Å². The third-order valence-corrected chi connectivity index (χ3v) is 30.5. The lowest BCUT2D eigenvalue weighted by Gasteiger charge is -2.30. The molecule has 6 heterocycles. The van der Waals surface area contributed by atoms with Gasteiger partial charge in [-0.1, -0.05) is 286 Å². The van der Waals surface area contributed by atoms with Crippen molar-refractivity contribution in [3.8, 4) is 69.5 Å². The summed E-state index contributed by atoms with van der Waals surface area (Å²) in [6.07, 6.45) is 27.2. The molecule has 0 saturated carbocycles. The molecule has 0 radical (unpaired) electrons. The largest absolute Gasteiger partial charge is 0.449 e. The molecule has 4 aliphatic heterocycles. The molecular formula is C124H148N8O16. The van der Waals surface area contributed by atoms with Crippen molar-refractivity contribution in [2.24, 2.45) is 0 Å². The number of aromatic nitrogens is 4. The second kappa shape index (κ2) is 49.3. The maximum absolute atomic E-state index is 16.4. The van der Waals surface area contributed by atoms with Crippen molar-refractivity contribution in [3.05, 3.63) is 233 Å². The van der Waals surface area contributed by atoms with Gasteiger partial charge in [0.25, 0.3) is 47.1 Å². The number of carbonyl (C=O) groups excluding carboxylic acids is 8. The maximum atomic E-state index is 16.4. The zero-order chi connectivity index (χ0) is 104. The molecule has 2 aromatic heterocycles. The molecule has 24 nitrogen and oxygen atoms in total. The minimum atomic E-state index is -0.750. The fourth-order valence-corrected chi connectivity index (χ4v) is 22.1. The Balaban J connectivity index is 1.06. The second-order valence-corrected chi connectivity index (χ2v) is 41.2. The van der Waals surface area contributed by atoms with Crippen LogP contribution in [0.1, 0.15) is 465 Å². The minimum absolute atomic E-state index is 0.0890. The average molecular weight is 2010 g/mol. The van der Waals surface area contributed by atoms with Crippen molar-refractivity contribution < 1.29 is 76.3 Å². The second-order valence-electron chi connectivity index (χ2n) is 41.2. The molecule has 24 heteroatoms. The van der Waals surface area contributed by atoms with E-state index in [4.69, 9.17) is 57.8 Å². The van der Waals surface area contributed by atoms with Gasteiger partial charge in [0.2, 0.25) is 46.2 Å². The summed E-state index contributed by atoms with van der Waals surface area (Å²) in [4.78, 5) is 160. The van der Waals surface area contributed by atoms with Crippen LogP contribution in [0, 0.1) is 0 Å². The zero-order valence-electron chi connectivity index (χ0n) is 89.1. The number of ether oxygens (including phenoxy) is 8. The first-order chi connectivity index (χ1) is 72.3. The van der Waals surface area contributed by atoms with Crippen LogP contribution in [0.15, 0.2) is 144 Å². The van der Waals surface area contributed by atoms with Gasteiger partial charge >= 0.3 is 0 Å². The molecule has 0 atom stereocenters. The van der Waals surface area contributed by atoms with Crippen LogP contribution in [0.25, 0.3) is 22.1 Å². The monoisotopic (exact) mass is 2010 g/mol. The van der Waals surface area contributed by atoms with Gasteiger partial charge in [0, 0.05) is 167 Å². The number of nitrogens with zero attached hydrogens (tertiary/aromatic N) is 8. The molecule has 0 saturated heterocycles. The lowest BCUT2D eigenvalue weighted by Crippen LogP contribution is -2.34. The van der Waals surface area contributed by atoms with Crippen molar-refractivity contribution >= 4 is 68.8 Å². The molecule has 7 aliphatic rings. The zero-order valence-corrected chi connectivity index (χ0v) is 89.1. The van der Waals surface area contributed by atoms with E-state index < -0.39 is 69.8 Å². The maximum Gasteiger partial charge on any atom is 0.284 e. The van der Waals surface area contributed by atoms with Crippen LogP contribution in [0.4, 0.5) is 0 Å². The highest BCUT2D eigenvalue weighted by Gasteiger charge is 2.46. The number of amides is 4. The summed E-state index contributed by atoms with van der Waals surface area (Å²) in [6, 6.07) is 36.0. The van der Waals surface area contributed by atoms with E-state index in [1.165, 1.54) is 0 Å². The average Bonchev–Trinajstić information content (AvgIpc) is 1.55. The summed E-state index contributed by atoms with van der Waals surface area (Å²) in [5.41, 5.74) is 6.43. The summed E-state index contributed by atoms with van der Waals surface area (Å²) in [6.45, 7) is 29.1. The Morgan fingerprint density at radius 2 is 0.399 bits per heavy atom. The lowest BCUT2D eigenvalue weighted by atomic mass is 9.76. The summed E-state index contributed by atoms with van der Waals surface area (Å²) >= 11 is 0. The fraction of sp³-hybridized carbons (Fsp3) is 0.484. The van der Waals surface area contributed by atoms with E-state index in [-0.39, 0.29) is 160 Å². The standard InChI is InChI=1S/C124H148N8O16/c1-13-25-37-41-49-77-89-69-93-79(51-43-39-27-15-3)95-71-91-78(50-42-38-26-14-2)92-72-96-80(52-44-40-28-16-4)94-70-90(77)98-74-102(94)146-118-120(128-108-88(124(140)132(67-35-23-11)68-36-24-12)60-58-86(106(108)126-118)122(138)130(63-31-19-7)64-32-20-8)148-104(96)76-100(92)144-116-112(136)84-56-48-47-55-83(84)111(135)115(116)143-99(91)75-103(95)147-119-117(145-101(93)73-97(89)141-113-109(133)81-53-45-46-54-82(81)110(134)114(113)142-98)125-105-85(121(137)129(61-29-17-5)62-30-18-6)57-59-87(107(105)127-119)123(139)131(65-33-21-9)66-34-22-10/h45-48,53-60,69-80H,13-44,49-52,61-68H2,1-12H3. The third kappa shape index (κ3) is 22.2. The van der Waals surface area contributed by atoms with E-state index in [0.29, 0.717) is 148 Å². The molecule has 0 spiro atoms.